The fraction of sp³-hybridized carbons (Fsp3) is 0.0952. The lowest BCUT2D eigenvalue weighted by molar-refractivity contribution is 0.949. The summed E-state index contributed by atoms with van der Waals surface area (Å²) in [6, 6.07) is 18.3. The monoisotopic (exact) mass is 388 g/mol. The highest BCUT2D eigenvalue weighted by atomic mass is 32.1. The van der Waals surface area contributed by atoms with E-state index in [2.05, 4.69) is 51.6 Å². The average Bonchev–Trinajstić information content (AvgIpc) is 3.31. The van der Waals surface area contributed by atoms with Crippen LogP contribution in [0, 0.1) is 13.8 Å². The Morgan fingerprint density at radius 3 is 2.21 bits per heavy atom. The number of aryl methyl sites for hydroxylation is 2. The normalized spacial score (nSPS) is 10.8. The quantitative estimate of drug-likeness (QED) is 0.452. The third kappa shape index (κ3) is 3.65. The molecule has 0 saturated heterocycles. The second-order valence-corrected chi connectivity index (χ2v) is 7.09. The van der Waals surface area contributed by atoms with Crippen LogP contribution >= 0.6 is 12.2 Å². The van der Waals surface area contributed by atoms with Gasteiger partial charge in [0.25, 0.3) is 0 Å². The number of nitrogens with two attached hydrogens (primary N) is 1. The lowest BCUT2D eigenvalue weighted by Crippen LogP contribution is -2.21. The van der Waals surface area contributed by atoms with Gasteiger partial charge in [0.2, 0.25) is 5.95 Å². The van der Waals surface area contributed by atoms with Crippen molar-refractivity contribution < 1.29 is 0 Å². The van der Waals surface area contributed by atoms with Crippen LogP contribution in [0.5, 0.6) is 0 Å². The third-order valence-electron chi connectivity index (χ3n) is 4.45. The molecule has 0 saturated carbocycles. The molecule has 0 radical (unpaired) electrons. The van der Waals surface area contributed by atoms with Gasteiger partial charge in [0.05, 0.1) is 17.6 Å². The summed E-state index contributed by atoms with van der Waals surface area (Å²) in [6.07, 6.45) is 1.79. The van der Waals surface area contributed by atoms with Gasteiger partial charge in [-0.25, -0.2) is 9.67 Å². The Kier molecular flexibility index (Phi) is 4.67. The molecule has 0 aliphatic rings. The maximum atomic E-state index is 5.86. The largest absolute Gasteiger partial charge is 0.374 e. The number of hydrogen-bond donors (Lipinski definition) is 3. The summed E-state index contributed by atoms with van der Waals surface area (Å²) < 4.78 is 1.55. The number of rotatable bonds is 4. The molecule has 0 fully saturated rings. The van der Waals surface area contributed by atoms with Gasteiger partial charge in [-0.15, -0.1) is 5.10 Å². The minimum Gasteiger partial charge on any atom is -0.374 e. The number of imidazole rings is 1. The zero-order chi connectivity index (χ0) is 19.7. The first-order valence-corrected chi connectivity index (χ1v) is 9.26. The summed E-state index contributed by atoms with van der Waals surface area (Å²) in [5.41, 5.74) is 12.1. The van der Waals surface area contributed by atoms with Crippen molar-refractivity contribution in [1.82, 2.24) is 19.7 Å². The topological polar surface area (TPSA) is 84.6 Å². The Morgan fingerprint density at radius 1 is 1.00 bits per heavy atom. The molecular formula is C21H20N6S. The Hall–Kier alpha value is -3.45. The molecule has 2 heterocycles. The van der Waals surface area contributed by atoms with E-state index in [4.69, 9.17) is 18.0 Å². The van der Waals surface area contributed by atoms with E-state index in [0.29, 0.717) is 11.8 Å². The fourth-order valence-electron chi connectivity index (χ4n) is 2.93. The van der Waals surface area contributed by atoms with Gasteiger partial charge in [-0.2, -0.15) is 0 Å². The van der Waals surface area contributed by atoms with Crippen LogP contribution in [0.25, 0.3) is 22.5 Å². The SMILES string of the molecule is Cc1ccc(-c2cnc(Nc3cc(-c4ccc(C)cc4)n(C(N)=S)n3)[nH]2)cc1. The third-order valence-corrected chi connectivity index (χ3v) is 4.62. The number of nitrogens with zero attached hydrogens (tertiary/aromatic N) is 3. The Bertz CT molecular complexity index is 1120. The van der Waals surface area contributed by atoms with Crippen molar-refractivity contribution in [2.24, 2.45) is 5.73 Å². The first-order valence-electron chi connectivity index (χ1n) is 8.85. The second kappa shape index (κ2) is 7.28. The van der Waals surface area contributed by atoms with Gasteiger partial charge in [-0.3, -0.25) is 0 Å². The maximum absolute atomic E-state index is 5.86. The molecule has 0 aliphatic carbocycles. The Balaban J connectivity index is 1.62. The number of thiocarbonyl (C=S) groups is 1. The summed E-state index contributed by atoms with van der Waals surface area (Å²) in [5.74, 6) is 1.20. The van der Waals surface area contributed by atoms with Crippen LogP contribution < -0.4 is 11.1 Å². The van der Waals surface area contributed by atoms with Crippen molar-refractivity contribution in [2.45, 2.75) is 13.8 Å². The van der Waals surface area contributed by atoms with Crippen LogP contribution in [0.2, 0.25) is 0 Å². The van der Waals surface area contributed by atoms with E-state index in [-0.39, 0.29) is 5.11 Å². The Morgan fingerprint density at radius 2 is 1.61 bits per heavy atom. The molecular weight excluding hydrogens is 368 g/mol. The van der Waals surface area contributed by atoms with Gasteiger partial charge in [0, 0.05) is 11.6 Å². The molecule has 0 atom stereocenters. The van der Waals surface area contributed by atoms with Crippen molar-refractivity contribution in [3.8, 4) is 22.5 Å². The molecule has 2 aromatic heterocycles. The zero-order valence-electron chi connectivity index (χ0n) is 15.6. The molecule has 4 rings (SSSR count). The number of benzene rings is 2. The number of aromatic amines is 1. The minimum atomic E-state index is 0.184. The summed E-state index contributed by atoms with van der Waals surface area (Å²) in [6.45, 7) is 4.11. The molecule has 140 valence electrons. The minimum absolute atomic E-state index is 0.184. The molecule has 0 bridgehead atoms. The molecule has 7 heteroatoms. The Labute approximate surface area is 168 Å². The van der Waals surface area contributed by atoms with Crippen LogP contribution in [0.15, 0.2) is 60.8 Å². The van der Waals surface area contributed by atoms with Gasteiger partial charge in [0.1, 0.15) is 0 Å². The van der Waals surface area contributed by atoms with E-state index in [9.17, 15) is 0 Å². The van der Waals surface area contributed by atoms with Crippen molar-refractivity contribution in [3.63, 3.8) is 0 Å². The van der Waals surface area contributed by atoms with Gasteiger partial charge in [0.15, 0.2) is 10.9 Å². The fourth-order valence-corrected chi connectivity index (χ4v) is 3.07. The van der Waals surface area contributed by atoms with Crippen molar-refractivity contribution in [3.05, 3.63) is 71.9 Å². The first kappa shape index (κ1) is 17.9. The molecule has 0 spiro atoms. The number of aromatic nitrogens is 4. The maximum Gasteiger partial charge on any atom is 0.206 e. The summed E-state index contributed by atoms with van der Waals surface area (Å²) >= 11 is 5.16. The predicted octanol–water partition coefficient (Wildman–Crippen LogP) is 4.39. The highest BCUT2D eigenvalue weighted by molar-refractivity contribution is 7.80. The summed E-state index contributed by atoms with van der Waals surface area (Å²) in [5, 5.41) is 7.85. The van der Waals surface area contributed by atoms with Crippen LogP contribution in [-0.2, 0) is 0 Å². The van der Waals surface area contributed by atoms with E-state index < -0.39 is 0 Å². The van der Waals surface area contributed by atoms with Crippen LogP contribution in [0.4, 0.5) is 11.8 Å². The van der Waals surface area contributed by atoms with Crippen molar-refractivity contribution >= 4 is 29.1 Å². The van der Waals surface area contributed by atoms with Gasteiger partial charge in [-0.05, 0) is 31.6 Å². The molecule has 0 amide bonds. The van der Waals surface area contributed by atoms with Gasteiger partial charge < -0.3 is 16.0 Å². The van der Waals surface area contributed by atoms with Crippen LogP contribution in [0.3, 0.4) is 0 Å². The molecule has 4 N–H and O–H groups in total. The van der Waals surface area contributed by atoms with Crippen LogP contribution in [0.1, 0.15) is 11.1 Å². The van der Waals surface area contributed by atoms with E-state index >= 15 is 0 Å². The first-order chi connectivity index (χ1) is 13.5. The number of anilines is 2. The lowest BCUT2D eigenvalue weighted by Gasteiger charge is -2.04. The smallest absolute Gasteiger partial charge is 0.206 e. The highest BCUT2D eigenvalue weighted by Gasteiger charge is 2.13. The zero-order valence-corrected chi connectivity index (χ0v) is 16.4. The molecule has 4 aromatic rings. The molecule has 28 heavy (non-hydrogen) atoms. The summed E-state index contributed by atoms with van der Waals surface area (Å²) in [4.78, 5) is 7.67. The molecule has 0 unspecified atom stereocenters. The summed E-state index contributed by atoms with van der Waals surface area (Å²) in [7, 11) is 0. The second-order valence-electron chi connectivity index (χ2n) is 6.67. The number of nitrogens with one attached hydrogen (secondary N) is 2. The van der Waals surface area contributed by atoms with E-state index in [1.54, 1.807) is 10.9 Å². The number of hydrogen-bond acceptors (Lipinski definition) is 4. The lowest BCUT2D eigenvalue weighted by atomic mass is 10.1. The van der Waals surface area contributed by atoms with Crippen molar-refractivity contribution in [1.29, 1.82) is 0 Å². The molecule has 2 aromatic carbocycles. The van der Waals surface area contributed by atoms with Gasteiger partial charge >= 0.3 is 0 Å². The molecule has 6 nitrogen and oxygen atoms in total. The average molecular weight is 389 g/mol. The van der Waals surface area contributed by atoms with Crippen LogP contribution in [-0.4, -0.2) is 24.9 Å². The van der Waals surface area contributed by atoms with Crippen molar-refractivity contribution in [2.75, 3.05) is 5.32 Å². The predicted molar refractivity (Wildman–Crippen MR) is 117 cm³/mol. The molecule has 0 aliphatic heterocycles. The standard InChI is InChI=1S/C21H20N6S/c1-13-3-7-15(8-4-13)17-12-23-21(24-17)25-19-11-18(27(26-19)20(22)28)16-9-5-14(2)6-10-16/h3-12H,1-2H3,(H2,22,28)(H2,23,24,25,26). The number of H-pyrrole nitrogens is 1. The highest BCUT2D eigenvalue weighted by Crippen LogP contribution is 2.25. The van der Waals surface area contributed by atoms with E-state index in [1.165, 1.54) is 11.1 Å². The van der Waals surface area contributed by atoms with Gasteiger partial charge in [-0.1, -0.05) is 59.7 Å². The van der Waals surface area contributed by atoms with E-state index in [0.717, 1.165) is 22.5 Å². The van der Waals surface area contributed by atoms with E-state index in [1.807, 2.05) is 37.3 Å².